The van der Waals surface area contributed by atoms with Crippen molar-refractivity contribution in [3.05, 3.63) is 57.6 Å². The zero-order valence-electron chi connectivity index (χ0n) is 10.3. The quantitative estimate of drug-likeness (QED) is 0.625. The molecule has 0 unspecified atom stereocenters. The van der Waals surface area contributed by atoms with Crippen LogP contribution >= 0.6 is 31.9 Å². The Balaban J connectivity index is 2.26. The summed E-state index contributed by atoms with van der Waals surface area (Å²) in [7, 11) is 0. The van der Waals surface area contributed by atoms with E-state index in [2.05, 4.69) is 57.0 Å². The van der Waals surface area contributed by atoms with E-state index in [0.29, 0.717) is 0 Å². The van der Waals surface area contributed by atoms with Crippen LogP contribution < -0.4 is 4.74 Å². The summed E-state index contributed by atoms with van der Waals surface area (Å²) in [5, 5.41) is 0.871. The van der Waals surface area contributed by atoms with Crippen molar-refractivity contribution in [2.75, 3.05) is 0 Å². The number of alkyl halides is 1. The molecule has 0 aliphatic carbocycles. The van der Waals surface area contributed by atoms with Crippen LogP contribution in [0.4, 0.5) is 0 Å². The summed E-state index contributed by atoms with van der Waals surface area (Å²) < 4.78 is 6.98. The van der Waals surface area contributed by atoms with Gasteiger partial charge < -0.3 is 4.74 Å². The standard InChI is InChI=1S/C15H14Br2O/c1-10-8-14(5-3-12(10)9-16)18-15-6-4-13(17)7-11(15)2/h3-8H,9H2,1-2H3. The van der Waals surface area contributed by atoms with Crippen molar-refractivity contribution in [1.29, 1.82) is 0 Å². The van der Waals surface area contributed by atoms with Gasteiger partial charge in [0, 0.05) is 9.80 Å². The number of rotatable bonds is 3. The van der Waals surface area contributed by atoms with E-state index in [1.54, 1.807) is 0 Å². The van der Waals surface area contributed by atoms with Gasteiger partial charge in [0.25, 0.3) is 0 Å². The fourth-order valence-corrected chi connectivity index (χ4v) is 2.84. The highest BCUT2D eigenvalue weighted by Crippen LogP contribution is 2.28. The maximum absolute atomic E-state index is 5.91. The Morgan fingerprint density at radius 1 is 1.00 bits per heavy atom. The molecule has 0 spiro atoms. The molecular weight excluding hydrogens is 356 g/mol. The Kier molecular flexibility index (Phi) is 4.46. The first kappa shape index (κ1) is 13.6. The average Bonchev–Trinajstić information content (AvgIpc) is 2.33. The van der Waals surface area contributed by atoms with Crippen LogP contribution in [0.25, 0.3) is 0 Å². The van der Waals surface area contributed by atoms with Crippen LogP contribution in [-0.4, -0.2) is 0 Å². The molecule has 18 heavy (non-hydrogen) atoms. The van der Waals surface area contributed by atoms with E-state index in [1.807, 2.05) is 25.1 Å². The second-order valence-corrected chi connectivity index (χ2v) is 5.71. The lowest BCUT2D eigenvalue weighted by Crippen LogP contribution is -1.90. The minimum absolute atomic E-state index is 0.871. The van der Waals surface area contributed by atoms with E-state index in [4.69, 9.17) is 4.74 Å². The average molecular weight is 370 g/mol. The van der Waals surface area contributed by atoms with Gasteiger partial charge in [-0.15, -0.1) is 0 Å². The van der Waals surface area contributed by atoms with Gasteiger partial charge in [-0.3, -0.25) is 0 Å². The molecule has 0 N–H and O–H groups in total. The molecule has 0 amide bonds. The first-order valence-corrected chi connectivity index (χ1v) is 7.61. The summed E-state index contributed by atoms with van der Waals surface area (Å²) in [5.41, 5.74) is 3.64. The molecule has 2 rings (SSSR count). The Labute approximate surface area is 124 Å². The molecule has 2 aromatic rings. The van der Waals surface area contributed by atoms with Crippen molar-refractivity contribution in [2.24, 2.45) is 0 Å². The summed E-state index contributed by atoms with van der Waals surface area (Å²) >= 11 is 6.92. The van der Waals surface area contributed by atoms with Crippen molar-refractivity contribution in [3.8, 4) is 11.5 Å². The third kappa shape index (κ3) is 3.15. The van der Waals surface area contributed by atoms with E-state index in [9.17, 15) is 0 Å². The predicted octanol–water partition coefficient (Wildman–Crippen LogP) is 5.75. The van der Waals surface area contributed by atoms with Gasteiger partial charge in [0.05, 0.1) is 0 Å². The van der Waals surface area contributed by atoms with Crippen molar-refractivity contribution < 1.29 is 4.74 Å². The third-order valence-corrected chi connectivity index (χ3v) is 3.92. The van der Waals surface area contributed by atoms with Crippen LogP contribution in [-0.2, 0) is 5.33 Å². The van der Waals surface area contributed by atoms with Crippen molar-refractivity contribution >= 4 is 31.9 Å². The second-order valence-electron chi connectivity index (χ2n) is 4.23. The Bertz CT molecular complexity index is 564. The lowest BCUT2D eigenvalue weighted by molar-refractivity contribution is 0.478. The van der Waals surface area contributed by atoms with E-state index in [1.165, 1.54) is 11.1 Å². The van der Waals surface area contributed by atoms with Crippen LogP contribution in [0.1, 0.15) is 16.7 Å². The first-order chi connectivity index (χ1) is 8.60. The topological polar surface area (TPSA) is 9.23 Å². The van der Waals surface area contributed by atoms with Gasteiger partial charge >= 0.3 is 0 Å². The molecule has 94 valence electrons. The van der Waals surface area contributed by atoms with E-state index >= 15 is 0 Å². The summed E-state index contributed by atoms with van der Waals surface area (Å²) in [6, 6.07) is 12.2. The monoisotopic (exact) mass is 368 g/mol. The Hall–Kier alpha value is -0.800. The SMILES string of the molecule is Cc1cc(Oc2ccc(Br)cc2C)ccc1CBr. The number of aryl methyl sites for hydroxylation is 2. The molecule has 0 atom stereocenters. The van der Waals surface area contributed by atoms with Gasteiger partial charge in [-0.05, 0) is 60.9 Å². The molecule has 0 bridgehead atoms. The minimum Gasteiger partial charge on any atom is -0.457 e. The lowest BCUT2D eigenvalue weighted by atomic mass is 10.1. The number of benzene rings is 2. The molecule has 0 fully saturated rings. The first-order valence-electron chi connectivity index (χ1n) is 5.69. The fraction of sp³-hybridized carbons (Fsp3) is 0.200. The summed E-state index contributed by atoms with van der Waals surface area (Å²) in [4.78, 5) is 0. The molecule has 2 aromatic carbocycles. The highest BCUT2D eigenvalue weighted by molar-refractivity contribution is 9.10. The highest BCUT2D eigenvalue weighted by atomic mass is 79.9. The van der Waals surface area contributed by atoms with Crippen LogP contribution in [0.2, 0.25) is 0 Å². The molecule has 0 aliphatic rings. The van der Waals surface area contributed by atoms with E-state index in [0.717, 1.165) is 26.9 Å². The molecule has 0 aliphatic heterocycles. The predicted molar refractivity (Wildman–Crippen MR) is 82.8 cm³/mol. The highest BCUT2D eigenvalue weighted by Gasteiger charge is 2.04. The zero-order chi connectivity index (χ0) is 13.1. The number of halogens is 2. The smallest absolute Gasteiger partial charge is 0.130 e. The van der Waals surface area contributed by atoms with Gasteiger partial charge in [-0.1, -0.05) is 37.9 Å². The van der Waals surface area contributed by atoms with Gasteiger partial charge in [0.1, 0.15) is 11.5 Å². The molecule has 1 nitrogen and oxygen atoms in total. The zero-order valence-corrected chi connectivity index (χ0v) is 13.5. The van der Waals surface area contributed by atoms with Gasteiger partial charge in [-0.25, -0.2) is 0 Å². The molecule has 3 heteroatoms. The molecular formula is C15H14Br2O. The van der Waals surface area contributed by atoms with Gasteiger partial charge in [0.15, 0.2) is 0 Å². The van der Waals surface area contributed by atoms with Crippen molar-refractivity contribution in [3.63, 3.8) is 0 Å². The molecule has 0 heterocycles. The third-order valence-electron chi connectivity index (χ3n) is 2.82. The number of hydrogen-bond acceptors (Lipinski definition) is 1. The van der Waals surface area contributed by atoms with E-state index < -0.39 is 0 Å². The molecule has 0 radical (unpaired) electrons. The van der Waals surface area contributed by atoms with Gasteiger partial charge in [-0.2, -0.15) is 0 Å². The van der Waals surface area contributed by atoms with Crippen LogP contribution in [0.5, 0.6) is 11.5 Å². The summed E-state index contributed by atoms with van der Waals surface area (Å²) in [6.45, 7) is 4.14. The minimum atomic E-state index is 0.871. The Morgan fingerprint density at radius 2 is 1.78 bits per heavy atom. The normalized spacial score (nSPS) is 10.4. The number of ether oxygens (including phenoxy) is 1. The van der Waals surface area contributed by atoms with Crippen molar-refractivity contribution in [2.45, 2.75) is 19.2 Å². The van der Waals surface area contributed by atoms with E-state index in [-0.39, 0.29) is 0 Å². The maximum Gasteiger partial charge on any atom is 0.130 e. The summed E-state index contributed by atoms with van der Waals surface area (Å²) in [5.74, 6) is 1.77. The van der Waals surface area contributed by atoms with Crippen LogP contribution in [0.15, 0.2) is 40.9 Å². The lowest BCUT2D eigenvalue weighted by Gasteiger charge is -2.11. The maximum atomic E-state index is 5.91. The molecule has 0 aromatic heterocycles. The fourth-order valence-electron chi connectivity index (χ4n) is 1.74. The largest absolute Gasteiger partial charge is 0.457 e. The van der Waals surface area contributed by atoms with Crippen molar-refractivity contribution in [1.82, 2.24) is 0 Å². The summed E-state index contributed by atoms with van der Waals surface area (Å²) in [6.07, 6.45) is 0. The van der Waals surface area contributed by atoms with Gasteiger partial charge in [0.2, 0.25) is 0 Å². The molecule has 0 saturated heterocycles. The number of hydrogen-bond donors (Lipinski definition) is 0. The molecule has 0 saturated carbocycles. The van der Waals surface area contributed by atoms with Crippen LogP contribution in [0, 0.1) is 13.8 Å². The van der Waals surface area contributed by atoms with Crippen LogP contribution in [0.3, 0.4) is 0 Å². The second kappa shape index (κ2) is 5.89. The Morgan fingerprint density at radius 3 is 2.39 bits per heavy atom.